The molecule has 1 amide bonds. The average Bonchev–Trinajstić information content (AvgIpc) is 2.75. The van der Waals surface area contributed by atoms with E-state index < -0.39 is 5.82 Å². The number of rotatable bonds is 5. The van der Waals surface area contributed by atoms with Crippen molar-refractivity contribution in [1.29, 1.82) is 0 Å². The highest BCUT2D eigenvalue weighted by molar-refractivity contribution is 6.30. The number of likely N-dealkylation sites (tertiary alicyclic amines) is 1. The zero-order valence-corrected chi connectivity index (χ0v) is 18.4. The Kier molecular flexibility index (Phi) is 6.69. The van der Waals surface area contributed by atoms with E-state index in [1.807, 2.05) is 49.4 Å². The molecule has 0 atom stereocenters. The van der Waals surface area contributed by atoms with Gasteiger partial charge in [0.15, 0.2) is 0 Å². The first kappa shape index (κ1) is 21.5. The number of piperidine rings is 1. The molecule has 0 saturated carbocycles. The summed E-state index contributed by atoms with van der Waals surface area (Å²) in [4.78, 5) is 17.6. The van der Waals surface area contributed by atoms with Gasteiger partial charge in [-0.25, -0.2) is 4.39 Å². The van der Waals surface area contributed by atoms with Crippen LogP contribution in [0, 0.1) is 12.7 Å². The minimum Gasteiger partial charge on any atom is -0.305 e. The third-order valence-corrected chi connectivity index (χ3v) is 6.06. The van der Waals surface area contributed by atoms with Gasteiger partial charge in [0.1, 0.15) is 5.82 Å². The van der Waals surface area contributed by atoms with Crippen molar-refractivity contribution in [3.05, 3.63) is 100 Å². The molecule has 3 nitrogen and oxygen atoms in total. The molecule has 0 unspecified atom stereocenters. The van der Waals surface area contributed by atoms with Crippen molar-refractivity contribution < 1.29 is 9.18 Å². The predicted octanol–water partition coefficient (Wildman–Crippen LogP) is 6.10. The topological polar surface area (TPSA) is 23.6 Å². The van der Waals surface area contributed by atoms with Crippen LogP contribution in [0.4, 0.5) is 10.1 Å². The Morgan fingerprint density at radius 3 is 2.48 bits per heavy atom. The van der Waals surface area contributed by atoms with Gasteiger partial charge in [-0.2, -0.15) is 0 Å². The summed E-state index contributed by atoms with van der Waals surface area (Å²) >= 11 is 6.12. The van der Waals surface area contributed by atoms with Gasteiger partial charge >= 0.3 is 0 Å². The number of anilines is 1. The molecule has 4 rings (SSSR count). The van der Waals surface area contributed by atoms with E-state index in [0.717, 1.165) is 48.7 Å². The number of hydrogen-bond donors (Lipinski definition) is 0. The number of benzene rings is 3. The maximum Gasteiger partial charge on any atom is 0.261 e. The Balaban J connectivity index is 1.54. The van der Waals surface area contributed by atoms with E-state index in [1.165, 1.54) is 11.6 Å². The van der Waals surface area contributed by atoms with Crippen molar-refractivity contribution in [3.63, 3.8) is 0 Å². The summed E-state index contributed by atoms with van der Waals surface area (Å²) in [5.41, 5.74) is 3.19. The van der Waals surface area contributed by atoms with Crippen LogP contribution in [0.15, 0.2) is 72.8 Å². The van der Waals surface area contributed by atoms with Crippen molar-refractivity contribution in [3.8, 4) is 0 Å². The summed E-state index contributed by atoms with van der Waals surface area (Å²) in [6.45, 7) is 4.57. The lowest BCUT2D eigenvalue weighted by Gasteiger charge is -2.39. The fraction of sp³-hybridized carbons (Fsp3) is 0.269. The molecule has 0 aliphatic carbocycles. The van der Waals surface area contributed by atoms with E-state index >= 15 is 0 Å². The molecule has 0 aromatic heterocycles. The average molecular weight is 437 g/mol. The zero-order chi connectivity index (χ0) is 21.8. The van der Waals surface area contributed by atoms with Crippen LogP contribution in [0.25, 0.3) is 0 Å². The minimum atomic E-state index is -0.483. The summed E-state index contributed by atoms with van der Waals surface area (Å²) in [5, 5.41) is 0.744. The highest BCUT2D eigenvalue weighted by atomic mass is 35.5. The lowest BCUT2D eigenvalue weighted by atomic mass is 9.99. The van der Waals surface area contributed by atoms with Gasteiger partial charge in [0.05, 0.1) is 5.56 Å². The molecule has 3 aromatic rings. The van der Waals surface area contributed by atoms with E-state index in [2.05, 4.69) is 11.0 Å². The number of amides is 1. The summed E-state index contributed by atoms with van der Waals surface area (Å²) in [6, 6.07) is 22.0. The molecule has 160 valence electrons. The molecule has 3 aromatic carbocycles. The summed E-state index contributed by atoms with van der Waals surface area (Å²) in [5.74, 6) is -0.763. The normalized spacial score (nSPS) is 15.1. The maximum atomic E-state index is 14.4. The second kappa shape index (κ2) is 9.63. The maximum absolute atomic E-state index is 14.4. The first-order chi connectivity index (χ1) is 15.0. The Bertz CT molecular complexity index is 1060. The molecule has 0 spiro atoms. The molecule has 1 heterocycles. The summed E-state index contributed by atoms with van der Waals surface area (Å²) in [7, 11) is 0. The van der Waals surface area contributed by atoms with Crippen LogP contribution in [0.5, 0.6) is 0 Å². The number of carbonyl (C=O) groups is 1. The highest BCUT2D eigenvalue weighted by Gasteiger charge is 2.31. The largest absolute Gasteiger partial charge is 0.305 e. The van der Waals surface area contributed by atoms with Gasteiger partial charge in [-0.05, 0) is 67.3 Å². The van der Waals surface area contributed by atoms with Gasteiger partial charge in [0.2, 0.25) is 0 Å². The van der Waals surface area contributed by atoms with Crippen LogP contribution < -0.4 is 4.90 Å². The minimum absolute atomic E-state index is 0.0181. The van der Waals surface area contributed by atoms with Crippen molar-refractivity contribution in [2.45, 2.75) is 32.4 Å². The Labute approximate surface area is 188 Å². The van der Waals surface area contributed by atoms with Gasteiger partial charge in [0.25, 0.3) is 5.91 Å². The van der Waals surface area contributed by atoms with Crippen molar-refractivity contribution in [1.82, 2.24) is 4.90 Å². The van der Waals surface area contributed by atoms with Gasteiger partial charge in [-0.3, -0.25) is 9.69 Å². The third-order valence-electron chi connectivity index (χ3n) is 5.82. The molecule has 1 saturated heterocycles. The molecule has 31 heavy (non-hydrogen) atoms. The van der Waals surface area contributed by atoms with Gasteiger partial charge in [-0.1, -0.05) is 48.0 Å². The van der Waals surface area contributed by atoms with Crippen LogP contribution in [0.1, 0.15) is 34.3 Å². The molecular formula is C26H26ClFN2O. The van der Waals surface area contributed by atoms with Crippen LogP contribution in [-0.4, -0.2) is 29.9 Å². The number of halogens is 2. The van der Waals surface area contributed by atoms with E-state index in [0.29, 0.717) is 0 Å². The van der Waals surface area contributed by atoms with Crippen LogP contribution in [0.3, 0.4) is 0 Å². The van der Waals surface area contributed by atoms with Gasteiger partial charge in [0, 0.05) is 36.4 Å². The quantitative estimate of drug-likeness (QED) is 0.482. The van der Waals surface area contributed by atoms with E-state index in [-0.39, 0.29) is 17.5 Å². The highest BCUT2D eigenvalue weighted by Crippen LogP contribution is 2.28. The van der Waals surface area contributed by atoms with Crippen LogP contribution in [0.2, 0.25) is 5.02 Å². The Morgan fingerprint density at radius 1 is 1.03 bits per heavy atom. The van der Waals surface area contributed by atoms with Crippen molar-refractivity contribution in [2.24, 2.45) is 0 Å². The number of nitrogens with zero attached hydrogens (tertiary/aromatic N) is 2. The molecule has 5 heteroatoms. The molecule has 0 radical (unpaired) electrons. The van der Waals surface area contributed by atoms with Crippen LogP contribution in [-0.2, 0) is 6.54 Å². The standard InChI is InChI=1S/C26H26ClFN2O/c1-19-6-4-9-23(16-19)30(26(31)24-10-2-3-11-25(24)28)22-12-14-29(15-13-22)18-20-7-5-8-21(27)17-20/h2-11,16-17,22H,12-15,18H2,1H3. The number of carbonyl (C=O) groups excluding carboxylic acids is 1. The Hall–Kier alpha value is -2.69. The molecular weight excluding hydrogens is 411 g/mol. The first-order valence-corrected chi connectivity index (χ1v) is 11.0. The van der Waals surface area contributed by atoms with Gasteiger partial charge < -0.3 is 4.90 Å². The third kappa shape index (κ3) is 5.15. The number of hydrogen-bond acceptors (Lipinski definition) is 2. The molecule has 0 bridgehead atoms. The zero-order valence-electron chi connectivity index (χ0n) is 17.6. The summed E-state index contributed by atoms with van der Waals surface area (Å²) < 4.78 is 14.4. The van der Waals surface area contributed by atoms with Crippen LogP contribution >= 0.6 is 11.6 Å². The second-order valence-electron chi connectivity index (χ2n) is 8.13. The first-order valence-electron chi connectivity index (χ1n) is 10.6. The second-order valence-corrected chi connectivity index (χ2v) is 8.57. The Morgan fingerprint density at radius 2 is 1.77 bits per heavy atom. The summed E-state index contributed by atoms with van der Waals surface area (Å²) in [6.07, 6.45) is 1.66. The van der Waals surface area contributed by atoms with E-state index in [4.69, 9.17) is 11.6 Å². The predicted molar refractivity (Wildman–Crippen MR) is 124 cm³/mol. The lowest BCUT2D eigenvalue weighted by Crippen LogP contribution is -2.47. The van der Waals surface area contributed by atoms with E-state index in [9.17, 15) is 9.18 Å². The molecule has 1 fully saturated rings. The molecule has 1 aliphatic rings. The fourth-order valence-corrected chi connectivity index (χ4v) is 4.48. The monoisotopic (exact) mass is 436 g/mol. The SMILES string of the molecule is Cc1cccc(N(C(=O)c2ccccc2F)C2CCN(Cc3cccc(Cl)c3)CC2)c1. The fourth-order valence-electron chi connectivity index (χ4n) is 4.27. The van der Waals surface area contributed by atoms with Crippen molar-refractivity contribution >= 4 is 23.2 Å². The lowest BCUT2D eigenvalue weighted by molar-refractivity contribution is 0.0954. The van der Waals surface area contributed by atoms with E-state index in [1.54, 1.807) is 23.1 Å². The van der Waals surface area contributed by atoms with Crippen molar-refractivity contribution in [2.75, 3.05) is 18.0 Å². The van der Waals surface area contributed by atoms with Gasteiger partial charge in [-0.15, -0.1) is 0 Å². The molecule has 0 N–H and O–H groups in total. The number of aryl methyl sites for hydroxylation is 1. The smallest absolute Gasteiger partial charge is 0.261 e. The molecule has 1 aliphatic heterocycles.